The zero-order valence-electron chi connectivity index (χ0n) is 24.3. The summed E-state index contributed by atoms with van der Waals surface area (Å²) in [7, 11) is -4.07. The minimum absolute atomic E-state index is 0.0979. The van der Waals surface area contributed by atoms with E-state index in [9.17, 15) is 18.0 Å². The summed E-state index contributed by atoms with van der Waals surface area (Å²) in [4.78, 5) is 29.1. The minimum atomic E-state index is -4.07. The van der Waals surface area contributed by atoms with Gasteiger partial charge in [-0.05, 0) is 68.5 Å². The van der Waals surface area contributed by atoms with E-state index in [-0.39, 0.29) is 23.4 Å². The lowest BCUT2D eigenvalue weighted by molar-refractivity contribution is -0.139. The highest BCUT2D eigenvalue weighted by atomic mass is 32.2. The molecule has 0 heterocycles. The summed E-state index contributed by atoms with van der Waals surface area (Å²) in [5.41, 5.74) is 3.37. The van der Waals surface area contributed by atoms with Gasteiger partial charge in [-0.15, -0.1) is 0 Å². The third-order valence-corrected chi connectivity index (χ3v) is 9.58. The molecule has 8 heteroatoms. The van der Waals surface area contributed by atoms with Crippen molar-refractivity contribution < 1.29 is 18.0 Å². The third-order valence-electron chi connectivity index (χ3n) is 7.80. The monoisotopic (exact) mass is 575 g/mol. The highest BCUT2D eigenvalue weighted by molar-refractivity contribution is 7.92. The maximum atomic E-state index is 14.1. The Bertz CT molecular complexity index is 1420. The summed E-state index contributed by atoms with van der Waals surface area (Å²) >= 11 is 0. The average Bonchev–Trinajstić information content (AvgIpc) is 2.99. The number of carbonyl (C=O) groups is 2. The summed E-state index contributed by atoms with van der Waals surface area (Å²) in [6, 6.07) is 22.4. The van der Waals surface area contributed by atoms with Gasteiger partial charge in [-0.3, -0.25) is 13.9 Å². The molecule has 1 atom stereocenters. The van der Waals surface area contributed by atoms with E-state index in [0.717, 1.165) is 53.1 Å². The lowest BCUT2D eigenvalue weighted by atomic mass is 9.95. The van der Waals surface area contributed by atoms with Gasteiger partial charge in [0.1, 0.15) is 12.6 Å². The number of carbonyl (C=O) groups excluding carboxylic acids is 2. The number of anilines is 1. The van der Waals surface area contributed by atoms with Crippen molar-refractivity contribution in [2.24, 2.45) is 0 Å². The van der Waals surface area contributed by atoms with E-state index in [1.165, 1.54) is 23.5 Å². The Labute approximate surface area is 244 Å². The Morgan fingerprint density at radius 2 is 1.59 bits per heavy atom. The van der Waals surface area contributed by atoms with Crippen molar-refractivity contribution in [1.29, 1.82) is 0 Å². The molecule has 3 aromatic rings. The molecule has 0 bridgehead atoms. The fourth-order valence-electron chi connectivity index (χ4n) is 5.30. The first-order valence-electron chi connectivity index (χ1n) is 14.5. The number of rotatable bonds is 11. The number of benzene rings is 3. The number of aryl methyl sites for hydroxylation is 2. The quantitative estimate of drug-likeness (QED) is 0.322. The van der Waals surface area contributed by atoms with Crippen LogP contribution >= 0.6 is 0 Å². The molecule has 2 amide bonds. The van der Waals surface area contributed by atoms with E-state index < -0.39 is 28.5 Å². The van der Waals surface area contributed by atoms with Gasteiger partial charge >= 0.3 is 0 Å². The molecule has 0 aromatic heterocycles. The molecule has 0 radical (unpaired) electrons. The Hall–Kier alpha value is -3.65. The normalized spacial score (nSPS) is 14.7. The number of nitrogens with zero attached hydrogens (tertiary/aromatic N) is 2. The highest BCUT2D eigenvalue weighted by Gasteiger charge is 2.33. The standard InChI is InChI=1S/C33H41N3O4S/c1-4-27-18-20-30(21-19-27)36(41(39,40)31-16-9-6-10-17-31)24-32(37)35(23-28-13-11-12-25(2)22-28)26(3)33(38)34-29-14-7-5-8-15-29/h6,9-13,16-22,26,29H,4-5,7-8,14-15,23-24H2,1-3H3,(H,34,38)/t26-/m1/s1. The van der Waals surface area contributed by atoms with Crippen LogP contribution in [0.25, 0.3) is 0 Å². The predicted molar refractivity (Wildman–Crippen MR) is 163 cm³/mol. The minimum Gasteiger partial charge on any atom is -0.352 e. The molecule has 1 saturated carbocycles. The molecule has 41 heavy (non-hydrogen) atoms. The van der Waals surface area contributed by atoms with Crippen LogP contribution in [0.1, 0.15) is 62.6 Å². The van der Waals surface area contributed by atoms with Crippen molar-refractivity contribution in [2.45, 2.75) is 82.8 Å². The van der Waals surface area contributed by atoms with Gasteiger partial charge in [-0.25, -0.2) is 8.42 Å². The number of sulfonamides is 1. The average molecular weight is 576 g/mol. The largest absolute Gasteiger partial charge is 0.352 e. The van der Waals surface area contributed by atoms with E-state index in [1.54, 1.807) is 37.3 Å². The molecule has 1 aliphatic carbocycles. The van der Waals surface area contributed by atoms with Crippen molar-refractivity contribution in [2.75, 3.05) is 10.8 Å². The second-order valence-corrected chi connectivity index (χ2v) is 12.7. The zero-order valence-corrected chi connectivity index (χ0v) is 25.1. The highest BCUT2D eigenvalue weighted by Crippen LogP contribution is 2.25. The van der Waals surface area contributed by atoms with Gasteiger partial charge in [0.25, 0.3) is 10.0 Å². The smallest absolute Gasteiger partial charge is 0.264 e. The summed E-state index contributed by atoms with van der Waals surface area (Å²) in [5, 5.41) is 3.14. The molecule has 0 saturated heterocycles. The van der Waals surface area contributed by atoms with Gasteiger partial charge in [0.05, 0.1) is 10.6 Å². The van der Waals surface area contributed by atoms with E-state index in [1.807, 2.05) is 50.2 Å². The zero-order chi connectivity index (χ0) is 29.4. The maximum Gasteiger partial charge on any atom is 0.264 e. The second kappa shape index (κ2) is 13.8. The predicted octanol–water partition coefficient (Wildman–Crippen LogP) is 5.62. The van der Waals surface area contributed by atoms with Gasteiger partial charge < -0.3 is 10.2 Å². The molecule has 0 aliphatic heterocycles. The van der Waals surface area contributed by atoms with Crippen molar-refractivity contribution in [3.05, 3.63) is 95.6 Å². The van der Waals surface area contributed by atoms with E-state index in [4.69, 9.17) is 0 Å². The Morgan fingerprint density at radius 3 is 2.22 bits per heavy atom. The molecule has 7 nitrogen and oxygen atoms in total. The van der Waals surface area contributed by atoms with Crippen molar-refractivity contribution >= 4 is 27.5 Å². The van der Waals surface area contributed by atoms with Crippen LogP contribution in [0.5, 0.6) is 0 Å². The van der Waals surface area contributed by atoms with Gasteiger partial charge in [-0.2, -0.15) is 0 Å². The molecule has 1 fully saturated rings. The first-order chi connectivity index (χ1) is 19.7. The summed E-state index contributed by atoms with van der Waals surface area (Å²) in [6.45, 7) is 5.48. The van der Waals surface area contributed by atoms with Crippen molar-refractivity contribution in [1.82, 2.24) is 10.2 Å². The van der Waals surface area contributed by atoms with E-state index in [2.05, 4.69) is 5.32 Å². The summed E-state index contributed by atoms with van der Waals surface area (Å²) in [6.07, 6.45) is 6.00. The van der Waals surface area contributed by atoms with Crippen LogP contribution in [-0.2, 0) is 32.6 Å². The number of hydrogen-bond donors (Lipinski definition) is 1. The van der Waals surface area contributed by atoms with Gasteiger partial charge in [0.2, 0.25) is 11.8 Å². The number of hydrogen-bond acceptors (Lipinski definition) is 4. The van der Waals surface area contributed by atoms with Crippen LogP contribution in [-0.4, -0.2) is 43.8 Å². The molecule has 0 unspecified atom stereocenters. The summed E-state index contributed by atoms with van der Waals surface area (Å²) < 4.78 is 28.9. The van der Waals surface area contributed by atoms with Gasteiger partial charge in [0, 0.05) is 12.6 Å². The van der Waals surface area contributed by atoms with E-state index >= 15 is 0 Å². The molecule has 218 valence electrons. The fourth-order valence-corrected chi connectivity index (χ4v) is 6.74. The first-order valence-corrected chi connectivity index (χ1v) is 15.9. The van der Waals surface area contributed by atoms with Crippen LogP contribution < -0.4 is 9.62 Å². The molecule has 4 rings (SSSR count). The molecule has 0 spiro atoms. The van der Waals surface area contributed by atoms with Crippen LogP contribution in [0, 0.1) is 6.92 Å². The summed E-state index contributed by atoms with van der Waals surface area (Å²) in [5.74, 6) is -0.667. The van der Waals surface area contributed by atoms with Crippen LogP contribution in [0.3, 0.4) is 0 Å². The fraction of sp³-hybridized carbons (Fsp3) is 0.394. The van der Waals surface area contributed by atoms with E-state index in [0.29, 0.717) is 5.69 Å². The Kier molecular flexibility index (Phi) is 10.2. The molecular weight excluding hydrogens is 534 g/mol. The van der Waals surface area contributed by atoms with Crippen molar-refractivity contribution in [3.63, 3.8) is 0 Å². The first kappa shape index (κ1) is 30.3. The molecule has 3 aromatic carbocycles. The number of amides is 2. The molecule has 1 aliphatic rings. The Morgan fingerprint density at radius 1 is 0.902 bits per heavy atom. The maximum absolute atomic E-state index is 14.1. The SMILES string of the molecule is CCc1ccc(N(CC(=O)N(Cc2cccc(C)c2)[C@H](C)C(=O)NC2CCCCC2)S(=O)(=O)c2ccccc2)cc1. The van der Waals surface area contributed by atoms with Crippen LogP contribution in [0.15, 0.2) is 83.8 Å². The lowest BCUT2D eigenvalue weighted by Gasteiger charge is -2.33. The molecule has 1 N–H and O–H groups in total. The third kappa shape index (κ3) is 7.76. The van der Waals surface area contributed by atoms with Crippen LogP contribution in [0.4, 0.5) is 5.69 Å². The lowest BCUT2D eigenvalue weighted by Crippen LogP contribution is -2.53. The van der Waals surface area contributed by atoms with Crippen LogP contribution in [0.2, 0.25) is 0 Å². The Balaban J connectivity index is 1.67. The molecular formula is C33H41N3O4S. The van der Waals surface area contributed by atoms with Gasteiger partial charge in [0.15, 0.2) is 0 Å². The van der Waals surface area contributed by atoms with Gasteiger partial charge in [-0.1, -0.05) is 86.3 Å². The number of nitrogens with one attached hydrogen (secondary N) is 1. The second-order valence-electron chi connectivity index (χ2n) is 10.9. The topological polar surface area (TPSA) is 86.8 Å². The van der Waals surface area contributed by atoms with Crippen molar-refractivity contribution in [3.8, 4) is 0 Å².